The number of carboxylic acid groups (broad SMARTS) is 1. The lowest BCUT2D eigenvalue weighted by molar-refractivity contribution is 0.0697. The molecule has 0 bridgehead atoms. The van der Waals surface area contributed by atoms with E-state index in [0.717, 1.165) is 47.9 Å². The van der Waals surface area contributed by atoms with E-state index in [0.29, 0.717) is 37.7 Å². The van der Waals surface area contributed by atoms with Crippen molar-refractivity contribution in [3.05, 3.63) is 83.2 Å². The van der Waals surface area contributed by atoms with E-state index in [1.807, 2.05) is 30.3 Å². The average Bonchev–Trinajstić information content (AvgIpc) is 3.32. The van der Waals surface area contributed by atoms with Crippen molar-refractivity contribution in [1.29, 1.82) is 5.26 Å². The van der Waals surface area contributed by atoms with Crippen LogP contribution in [0.15, 0.2) is 60.7 Å². The van der Waals surface area contributed by atoms with Gasteiger partial charge in [0.05, 0.1) is 41.4 Å². The molecule has 5 rings (SSSR count). The van der Waals surface area contributed by atoms with Crippen LogP contribution in [0.1, 0.15) is 34.2 Å². The number of methoxy groups -OCH3 is 1. The van der Waals surface area contributed by atoms with E-state index in [-0.39, 0.29) is 11.6 Å². The van der Waals surface area contributed by atoms with Crippen LogP contribution in [0.3, 0.4) is 0 Å². The van der Waals surface area contributed by atoms with Gasteiger partial charge >= 0.3 is 5.97 Å². The first kappa shape index (κ1) is 27.1. The monoisotopic (exact) mass is 540 g/mol. The van der Waals surface area contributed by atoms with Gasteiger partial charge in [-0.2, -0.15) is 10.2 Å². The van der Waals surface area contributed by atoms with E-state index < -0.39 is 5.97 Å². The lowest BCUT2D eigenvalue weighted by Gasteiger charge is -2.40. The molecule has 0 unspecified atom stereocenters. The SMILES string of the molecule is COCCn1c(CN2CCN(c3cccc(OCc4ccc(C#N)cc4)n3)C[C@@H]2C)nc2ccc(C(=O)O)cc21. The van der Waals surface area contributed by atoms with E-state index in [1.165, 1.54) is 0 Å². The summed E-state index contributed by atoms with van der Waals surface area (Å²) in [6, 6.07) is 20.6. The molecule has 206 valence electrons. The third kappa shape index (κ3) is 6.06. The standard InChI is InChI=1S/C30H32N6O4/c1-21-18-35(27-4-3-5-29(33-27)40-20-23-8-6-22(17-31)7-9-23)13-12-34(21)19-28-32-25-11-10-24(30(37)38)16-26(25)36(28)14-15-39-2/h3-11,16,21H,12-15,18-20H2,1-2H3,(H,37,38)/t21-/m0/s1. The number of anilines is 1. The van der Waals surface area contributed by atoms with E-state index >= 15 is 0 Å². The molecule has 1 aliphatic rings. The van der Waals surface area contributed by atoms with Gasteiger partial charge in [0.2, 0.25) is 5.88 Å². The number of imidazole rings is 1. The fourth-order valence-electron chi connectivity index (χ4n) is 4.97. The maximum Gasteiger partial charge on any atom is 0.335 e. The quantitative estimate of drug-likeness (QED) is 0.319. The number of pyridine rings is 1. The zero-order chi connectivity index (χ0) is 28.1. The first-order valence-electron chi connectivity index (χ1n) is 13.2. The molecule has 0 saturated carbocycles. The van der Waals surface area contributed by atoms with Crippen molar-refractivity contribution in [3.63, 3.8) is 0 Å². The minimum atomic E-state index is -0.954. The summed E-state index contributed by atoms with van der Waals surface area (Å²) in [5.41, 5.74) is 3.43. The van der Waals surface area contributed by atoms with Crippen molar-refractivity contribution >= 4 is 22.8 Å². The lowest BCUT2D eigenvalue weighted by atomic mass is 10.2. The van der Waals surface area contributed by atoms with E-state index in [9.17, 15) is 9.90 Å². The number of nitrogens with zero attached hydrogens (tertiary/aromatic N) is 6. The first-order valence-corrected chi connectivity index (χ1v) is 13.2. The number of carbonyl (C=O) groups is 1. The van der Waals surface area contributed by atoms with Crippen LogP contribution < -0.4 is 9.64 Å². The predicted octanol–water partition coefficient (Wildman–Crippen LogP) is 3.94. The molecule has 10 heteroatoms. The maximum atomic E-state index is 11.5. The number of piperazine rings is 1. The Morgan fingerprint density at radius 2 is 1.95 bits per heavy atom. The summed E-state index contributed by atoms with van der Waals surface area (Å²) in [5.74, 6) is 1.37. The van der Waals surface area contributed by atoms with Gasteiger partial charge in [0.25, 0.3) is 0 Å². The predicted molar refractivity (Wildman–Crippen MR) is 150 cm³/mol. The number of aromatic nitrogens is 3. The summed E-state index contributed by atoms with van der Waals surface area (Å²) in [6.07, 6.45) is 0. The van der Waals surface area contributed by atoms with Gasteiger partial charge in [-0.25, -0.2) is 9.78 Å². The molecule has 1 atom stereocenters. The molecule has 0 spiro atoms. The zero-order valence-electron chi connectivity index (χ0n) is 22.7. The molecule has 1 N–H and O–H groups in total. The number of benzene rings is 2. The van der Waals surface area contributed by atoms with Crippen molar-refractivity contribution in [2.75, 3.05) is 38.3 Å². The smallest absolute Gasteiger partial charge is 0.335 e. The summed E-state index contributed by atoms with van der Waals surface area (Å²) >= 11 is 0. The van der Waals surface area contributed by atoms with Crippen LogP contribution in [0.5, 0.6) is 5.88 Å². The highest BCUT2D eigenvalue weighted by atomic mass is 16.5. The van der Waals surface area contributed by atoms with Gasteiger partial charge in [0.1, 0.15) is 18.2 Å². The number of fused-ring (bicyclic) bond motifs is 1. The summed E-state index contributed by atoms with van der Waals surface area (Å²) in [4.78, 5) is 25.8. The number of aromatic carboxylic acids is 1. The second kappa shape index (κ2) is 12.2. The molecular formula is C30H32N6O4. The highest BCUT2D eigenvalue weighted by Crippen LogP contribution is 2.24. The van der Waals surface area contributed by atoms with Crippen molar-refractivity contribution < 1.29 is 19.4 Å². The van der Waals surface area contributed by atoms with E-state index in [4.69, 9.17) is 24.7 Å². The number of carboxylic acids is 1. The van der Waals surface area contributed by atoms with Crippen molar-refractivity contribution in [2.24, 2.45) is 0 Å². The summed E-state index contributed by atoms with van der Waals surface area (Å²) < 4.78 is 13.3. The van der Waals surface area contributed by atoms with Gasteiger partial charge in [-0.3, -0.25) is 4.90 Å². The van der Waals surface area contributed by atoms with Crippen LogP contribution in [0, 0.1) is 11.3 Å². The molecule has 1 aliphatic heterocycles. The number of nitriles is 1. The van der Waals surface area contributed by atoms with Gasteiger partial charge in [-0.15, -0.1) is 0 Å². The van der Waals surface area contributed by atoms with Crippen LogP contribution >= 0.6 is 0 Å². The second-order valence-corrected chi connectivity index (χ2v) is 9.88. The molecule has 0 amide bonds. The van der Waals surface area contributed by atoms with Gasteiger partial charge < -0.3 is 24.0 Å². The molecule has 2 aromatic heterocycles. The number of hydrogen-bond acceptors (Lipinski definition) is 8. The molecule has 4 aromatic rings. The van der Waals surface area contributed by atoms with Crippen LogP contribution in [-0.4, -0.2) is 69.9 Å². The second-order valence-electron chi connectivity index (χ2n) is 9.88. The summed E-state index contributed by atoms with van der Waals surface area (Å²) in [6.45, 7) is 6.76. The van der Waals surface area contributed by atoms with Crippen LogP contribution in [0.2, 0.25) is 0 Å². The molecule has 0 radical (unpaired) electrons. The minimum absolute atomic E-state index is 0.240. The summed E-state index contributed by atoms with van der Waals surface area (Å²) in [5, 5.41) is 18.4. The average molecular weight is 541 g/mol. The van der Waals surface area contributed by atoms with Crippen LogP contribution in [0.25, 0.3) is 11.0 Å². The Balaban J connectivity index is 1.25. The highest BCUT2D eigenvalue weighted by Gasteiger charge is 2.26. The van der Waals surface area contributed by atoms with Gasteiger partial charge in [-0.05, 0) is 48.9 Å². The Hall–Kier alpha value is -4.46. The van der Waals surface area contributed by atoms with E-state index in [1.54, 1.807) is 37.4 Å². The normalized spacial score (nSPS) is 15.7. The van der Waals surface area contributed by atoms with E-state index in [2.05, 4.69) is 27.4 Å². The summed E-state index contributed by atoms with van der Waals surface area (Å²) in [7, 11) is 1.66. The Labute approximate surface area is 233 Å². The van der Waals surface area contributed by atoms with Gasteiger partial charge in [0.15, 0.2) is 0 Å². The number of ether oxygens (including phenoxy) is 2. The molecule has 40 heavy (non-hydrogen) atoms. The number of hydrogen-bond donors (Lipinski definition) is 1. The Bertz CT molecular complexity index is 1530. The Morgan fingerprint density at radius 1 is 1.12 bits per heavy atom. The van der Waals surface area contributed by atoms with Crippen molar-refractivity contribution in [3.8, 4) is 11.9 Å². The molecule has 0 aliphatic carbocycles. The topological polar surface area (TPSA) is 117 Å². The highest BCUT2D eigenvalue weighted by molar-refractivity contribution is 5.92. The zero-order valence-corrected chi connectivity index (χ0v) is 22.7. The Kier molecular flexibility index (Phi) is 8.24. The molecular weight excluding hydrogens is 508 g/mol. The fraction of sp³-hybridized carbons (Fsp3) is 0.333. The molecule has 2 aromatic carbocycles. The van der Waals surface area contributed by atoms with Crippen LogP contribution in [-0.2, 0) is 24.4 Å². The Morgan fingerprint density at radius 3 is 2.67 bits per heavy atom. The first-order chi connectivity index (χ1) is 19.4. The van der Waals surface area contributed by atoms with Crippen LogP contribution in [0.4, 0.5) is 5.82 Å². The fourth-order valence-corrected chi connectivity index (χ4v) is 4.97. The largest absolute Gasteiger partial charge is 0.478 e. The molecule has 1 fully saturated rings. The third-order valence-electron chi connectivity index (χ3n) is 7.21. The maximum absolute atomic E-state index is 11.5. The van der Waals surface area contributed by atoms with Crippen molar-refractivity contribution in [2.45, 2.75) is 32.7 Å². The molecule has 1 saturated heterocycles. The van der Waals surface area contributed by atoms with Gasteiger partial charge in [-0.1, -0.05) is 18.2 Å². The minimum Gasteiger partial charge on any atom is -0.478 e. The number of rotatable bonds is 10. The third-order valence-corrected chi connectivity index (χ3v) is 7.21. The molecule has 3 heterocycles. The van der Waals surface area contributed by atoms with Gasteiger partial charge in [0, 0.05) is 45.4 Å². The lowest BCUT2D eigenvalue weighted by Crippen LogP contribution is -2.52. The molecule has 10 nitrogen and oxygen atoms in total. The van der Waals surface area contributed by atoms with Crippen molar-refractivity contribution in [1.82, 2.24) is 19.4 Å².